The largest absolute Gasteiger partial charge is 0.481 e. The number of phosphoric acid groups is 2. The van der Waals surface area contributed by atoms with Crippen molar-refractivity contribution in [2.24, 2.45) is 10.9 Å². The summed E-state index contributed by atoms with van der Waals surface area (Å²) in [6.07, 6.45) is 7.88. The molecule has 1 rings (SSSR count). The van der Waals surface area contributed by atoms with Gasteiger partial charge >= 0.3 is 15.6 Å². The lowest BCUT2D eigenvalue weighted by Gasteiger charge is -2.17. The second-order valence-electron chi connectivity index (χ2n) is 7.60. The fraction of sp³-hybridized carbons (Fsp3) is 0.476. The summed E-state index contributed by atoms with van der Waals surface area (Å²) < 4.78 is 31.3. The fourth-order valence-corrected chi connectivity index (χ4v) is 4.25. The molecule has 0 spiro atoms. The van der Waals surface area contributed by atoms with Crippen molar-refractivity contribution in [3.63, 3.8) is 0 Å². The van der Waals surface area contributed by atoms with Crippen LogP contribution in [-0.2, 0) is 18.0 Å². The molecule has 0 saturated heterocycles. The minimum atomic E-state index is -5.17. The Bertz CT molecular complexity index is 871. The highest BCUT2D eigenvalue weighted by Gasteiger charge is 2.33. The first-order valence-corrected chi connectivity index (χ1v) is 13.1. The lowest BCUT2D eigenvalue weighted by Crippen LogP contribution is -2.17. The quantitative estimate of drug-likeness (QED) is 0.180. The molecule has 0 bridgehead atoms. The van der Waals surface area contributed by atoms with Crippen molar-refractivity contribution in [2.75, 3.05) is 6.61 Å². The molecule has 3 N–H and O–H groups in total. The van der Waals surface area contributed by atoms with Crippen LogP contribution >= 0.6 is 15.6 Å². The van der Waals surface area contributed by atoms with E-state index in [2.05, 4.69) is 42.2 Å². The van der Waals surface area contributed by atoms with Crippen molar-refractivity contribution in [1.82, 2.24) is 0 Å². The van der Waals surface area contributed by atoms with E-state index in [1.165, 1.54) is 11.1 Å². The highest BCUT2D eigenvalue weighted by Crippen LogP contribution is 2.57. The second kappa shape index (κ2) is 13.2. The van der Waals surface area contributed by atoms with E-state index in [-0.39, 0.29) is 5.92 Å². The zero-order chi connectivity index (χ0) is 23.5. The van der Waals surface area contributed by atoms with Crippen molar-refractivity contribution in [2.45, 2.75) is 53.4 Å². The fourth-order valence-electron chi connectivity index (χ4n) is 2.70. The Morgan fingerprint density at radius 2 is 1.71 bits per heavy atom. The van der Waals surface area contributed by atoms with Crippen LogP contribution in [0.3, 0.4) is 0 Å². The summed E-state index contributed by atoms with van der Waals surface area (Å²) in [5.74, 6) is -0.0999. The van der Waals surface area contributed by atoms with Gasteiger partial charge in [0.05, 0.1) is 12.3 Å². The molecule has 0 aliphatic rings. The Hall–Kier alpha value is -1.37. The van der Waals surface area contributed by atoms with Crippen LogP contribution in [0.4, 0.5) is 5.69 Å². The summed E-state index contributed by atoms with van der Waals surface area (Å²) in [5.41, 5.74) is 3.71. The second-order valence-corrected chi connectivity index (χ2v) is 10.4. The van der Waals surface area contributed by atoms with Crippen LogP contribution in [0, 0.1) is 5.92 Å². The Labute approximate surface area is 184 Å². The molecule has 10 heteroatoms. The molecule has 0 heterocycles. The average molecular weight is 473 g/mol. The van der Waals surface area contributed by atoms with Gasteiger partial charge in [-0.05, 0) is 64.5 Å². The Balaban J connectivity index is 2.82. The van der Waals surface area contributed by atoms with Crippen molar-refractivity contribution in [3.05, 3.63) is 53.6 Å². The van der Waals surface area contributed by atoms with E-state index in [0.717, 1.165) is 25.7 Å². The number of phosphoric ester groups is 1. The van der Waals surface area contributed by atoms with Crippen LogP contribution in [0.2, 0.25) is 0 Å². The molecular weight excluding hydrogens is 440 g/mol. The SMILES string of the molecule is CC(C)=CCCC(C)=CCCC(C)C(COP(=O)(O)OP(=O)(O)O)=Nc1ccccc1. The monoisotopic (exact) mass is 473 g/mol. The van der Waals surface area contributed by atoms with Gasteiger partial charge in [-0.3, -0.25) is 9.52 Å². The maximum atomic E-state index is 11.8. The van der Waals surface area contributed by atoms with Gasteiger partial charge < -0.3 is 14.7 Å². The molecule has 0 fully saturated rings. The first kappa shape index (κ1) is 27.7. The van der Waals surface area contributed by atoms with Crippen LogP contribution in [-0.4, -0.2) is 27.0 Å². The third-order valence-electron chi connectivity index (χ3n) is 4.37. The smallest absolute Gasteiger partial charge is 0.302 e. The number of rotatable bonds is 13. The van der Waals surface area contributed by atoms with Gasteiger partial charge in [-0.2, -0.15) is 4.31 Å². The van der Waals surface area contributed by atoms with Gasteiger partial charge in [-0.15, -0.1) is 0 Å². The first-order chi connectivity index (χ1) is 14.4. The van der Waals surface area contributed by atoms with Crippen LogP contribution in [0.25, 0.3) is 0 Å². The van der Waals surface area contributed by atoms with E-state index in [4.69, 9.17) is 14.3 Å². The van der Waals surface area contributed by atoms with Gasteiger partial charge in [0.1, 0.15) is 0 Å². The van der Waals surface area contributed by atoms with Crippen LogP contribution in [0.1, 0.15) is 53.4 Å². The first-order valence-electron chi connectivity index (χ1n) is 10.0. The van der Waals surface area contributed by atoms with Gasteiger partial charge in [0.15, 0.2) is 0 Å². The van der Waals surface area contributed by atoms with Gasteiger partial charge in [-0.25, -0.2) is 9.13 Å². The zero-order valence-electron chi connectivity index (χ0n) is 18.5. The highest BCUT2D eigenvalue weighted by atomic mass is 31.3. The minimum Gasteiger partial charge on any atom is -0.302 e. The highest BCUT2D eigenvalue weighted by molar-refractivity contribution is 7.60. The van der Waals surface area contributed by atoms with E-state index in [1.54, 1.807) is 12.1 Å². The molecule has 0 aromatic heterocycles. The summed E-state index contributed by atoms with van der Waals surface area (Å²) >= 11 is 0. The van der Waals surface area contributed by atoms with Crippen molar-refractivity contribution < 1.29 is 32.6 Å². The van der Waals surface area contributed by atoms with Crippen molar-refractivity contribution in [3.8, 4) is 0 Å². The molecule has 8 nitrogen and oxygen atoms in total. The number of allylic oxidation sites excluding steroid dienone is 4. The number of hydrogen-bond acceptors (Lipinski definition) is 5. The summed E-state index contributed by atoms with van der Waals surface area (Å²) in [5, 5.41) is 0. The number of hydrogen-bond donors (Lipinski definition) is 3. The topological polar surface area (TPSA) is 126 Å². The summed E-state index contributed by atoms with van der Waals surface area (Å²) in [6, 6.07) is 9.04. The maximum Gasteiger partial charge on any atom is 0.481 e. The lowest BCUT2D eigenvalue weighted by molar-refractivity contribution is 0.193. The van der Waals surface area contributed by atoms with E-state index in [0.29, 0.717) is 11.4 Å². The van der Waals surface area contributed by atoms with E-state index in [9.17, 15) is 14.0 Å². The Morgan fingerprint density at radius 3 is 2.29 bits per heavy atom. The van der Waals surface area contributed by atoms with Gasteiger partial charge in [-0.1, -0.05) is 48.4 Å². The molecular formula is C21H33NO7P2. The number of para-hydroxylation sites is 1. The molecule has 31 heavy (non-hydrogen) atoms. The molecule has 2 atom stereocenters. The molecule has 1 aromatic carbocycles. The third-order valence-corrected chi connectivity index (χ3v) is 6.50. The minimum absolute atomic E-state index is 0.0999. The molecule has 2 unspecified atom stereocenters. The van der Waals surface area contributed by atoms with Gasteiger partial charge in [0, 0.05) is 5.71 Å². The average Bonchev–Trinajstić information content (AvgIpc) is 2.63. The van der Waals surface area contributed by atoms with Gasteiger partial charge in [0.25, 0.3) is 0 Å². The molecule has 0 radical (unpaired) electrons. The molecule has 0 aliphatic heterocycles. The molecule has 0 aliphatic carbocycles. The maximum absolute atomic E-state index is 11.8. The van der Waals surface area contributed by atoms with Gasteiger partial charge in [0.2, 0.25) is 0 Å². The summed E-state index contributed by atoms with van der Waals surface area (Å²) in [4.78, 5) is 31.6. The Kier molecular flexibility index (Phi) is 11.8. The third kappa shape index (κ3) is 13.6. The zero-order valence-corrected chi connectivity index (χ0v) is 20.3. The van der Waals surface area contributed by atoms with E-state index < -0.39 is 22.3 Å². The standard InChI is InChI=1S/C21H33NO7P2/c1-17(2)10-8-11-18(3)12-9-13-19(4)21(22-20-14-6-5-7-15-20)16-28-31(26,27)29-30(23,24)25/h5-7,10,12,14-15,19H,8-9,11,13,16H2,1-4H3,(H,26,27)(H2,23,24,25). The van der Waals surface area contributed by atoms with Crippen molar-refractivity contribution >= 4 is 27.0 Å². The predicted molar refractivity (Wildman–Crippen MR) is 123 cm³/mol. The summed E-state index contributed by atoms with van der Waals surface area (Å²) in [7, 11) is -10.1. The molecule has 1 aromatic rings. The number of aliphatic imine (C=N–C) groups is 1. The predicted octanol–water partition coefficient (Wildman–Crippen LogP) is 6.09. The lowest BCUT2D eigenvalue weighted by atomic mass is 9.98. The van der Waals surface area contributed by atoms with E-state index in [1.807, 2.05) is 25.1 Å². The van der Waals surface area contributed by atoms with Crippen LogP contribution in [0.5, 0.6) is 0 Å². The number of benzene rings is 1. The normalized spacial score (nSPS) is 16.0. The number of nitrogens with zero attached hydrogens (tertiary/aromatic N) is 1. The van der Waals surface area contributed by atoms with Crippen LogP contribution in [0.15, 0.2) is 58.6 Å². The molecule has 0 amide bonds. The molecule has 174 valence electrons. The van der Waals surface area contributed by atoms with E-state index >= 15 is 0 Å². The Morgan fingerprint density at radius 1 is 1.06 bits per heavy atom. The van der Waals surface area contributed by atoms with Crippen LogP contribution < -0.4 is 0 Å². The summed E-state index contributed by atoms with van der Waals surface area (Å²) in [6.45, 7) is 7.77. The molecule has 0 saturated carbocycles. The van der Waals surface area contributed by atoms with Crippen molar-refractivity contribution in [1.29, 1.82) is 0 Å².